The molecule has 0 spiro atoms. The van der Waals surface area contributed by atoms with Gasteiger partial charge in [0, 0.05) is 32.4 Å². The van der Waals surface area contributed by atoms with Gasteiger partial charge in [0.2, 0.25) is 11.9 Å². The predicted octanol–water partition coefficient (Wildman–Crippen LogP) is 5.54. The molecule has 0 aliphatic rings. The summed E-state index contributed by atoms with van der Waals surface area (Å²) in [6.45, 7) is 7.11. The summed E-state index contributed by atoms with van der Waals surface area (Å²) >= 11 is 0. The van der Waals surface area contributed by atoms with Crippen molar-refractivity contribution < 1.29 is 13.7 Å². The normalized spacial score (nSPS) is 11.4. The second-order valence-corrected chi connectivity index (χ2v) is 11.4. The number of rotatable bonds is 14. The SMILES string of the molecule is C=CC(=O)Nc1cc(Nc2nccc(Nc3ccccc3NS(=O)c3ccc(C)cc3)n2)c(OC)cc1N(C)CCN(C)C. The lowest BCUT2D eigenvalue weighted by Gasteiger charge is -2.26. The van der Waals surface area contributed by atoms with Gasteiger partial charge in [0.25, 0.3) is 0 Å². The molecule has 0 saturated carbocycles. The van der Waals surface area contributed by atoms with E-state index in [0.717, 1.165) is 24.3 Å². The average molecular weight is 615 g/mol. The van der Waals surface area contributed by atoms with Gasteiger partial charge in [-0.25, -0.2) is 9.19 Å². The minimum atomic E-state index is -1.45. The van der Waals surface area contributed by atoms with E-state index in [1.165, 1.54) is 6.08 Å². The summed E-state index contributed by atoms with van der Waals surface area (Å²) in [6, 6.07) is 20.4. The molecule has 1 unspecified atom stereocenters. The number of hydrogen-bond acceptors (Lipinski definition) is 9. The molecule has 4 rings (SSSR count). The molecule has 0 aliphatic carbocycles. The molecule has 4 N–H and O–H groups in total. The van der Waals surface area contributed by atoms with Gasteiger partial charge < -0.3 is 30.5 Å². The maximum absolute atomic E-state index is 13.0. The molecule has 4 aromatic rings. The lowest BCUT2D eigenvalue weighted by Crippen LogP contribution is -2.29. The number of ether oxygens (including phenoxy) is 1. The Bertz CT molecular complexity index is 1630. The van der Waals surface area contributed by atoms with Gasteiger partial charge in [0.15, 0.2) is 0 Å². The van der Waals surface area contributed by atoms with Crippen LogP contribution >= 0.6 is 0 Å². The molecule has 0 radical (unpaired) electrons. The maximum atomic E-state index is 13.0. The Morgan fingerprint density at radius 1 is 0.955 bits per heavy atom. The zero-order valence-electron chi connectivity index (χ0n) is 25.5. The van der Waals surface area contributed by atoms with Crippen LogP contribution in [0.5, 0.6) is 5.75 Å². The van der Waals surface area contributed by atoms with Crippen LogP contribution in [0.3, 0.4) is 0 Å². The number of amides is 1. The van der Waals surface area contributed by atoms with Crippen molar-refractivity contribution in [1.29, 1.82) is 0 Å². The average Bonchev–Trinajstić information content (AvgIpc) is 3.01. The van der Waals surface area contributed by atoms with Crippen LogP contribution in [-0.2, 0) is 15.8 Å². The monoisotopic (exact) mass is 614 g/mol. The van der Waals surface area contributed by atoms with Crippen molar-refractivity contribution in [2.75, 3.05) is 66.9 Å². The van der Waals surface area contributed by atoms with Crippen LogP contribution in [0.15, 0.2) is 90.5 Å². The molecule has 44 heavy (non-hydrogen) atoms. The fourth-order valence-corrected chi connectivity index (χ4v) is 5.03. The highest BCUT2D eigenvalue weighted by Crippen LogP contribution is 2.38. The van der Waals surface area contributed by atoms with Crippen LogP contribution in [0.1, 0.15) is 5.56 Å². The topological polar surface area (TPSA) is 124 Å². The number of nitrogens with one attached hydrogen (secondary N) is 4. The van der Waals surface area contributed by atoms with Crippen molar-refractivity contribution in [2.45, 2.75) is 11.8 Å². The number of carbonyl (C=O) groups excluding carboxylic acids is 1. The lowest BCUT2D eigenvalue weighted by molar-refractivity contribution is -0.111. The number of para-hydroxylation sites is 2. The third kappa shape index (κ3) is 8.55. The Morgan fingerprint density at radius 3 is 2.36 bits per heavy atom. The highest BCUT2D eigenvalue weighted by atomic mass is 32.2. The summed E-state index contributed by atoms with van der Waals surface area (Å²) in [7, 11) is 6.09. The minimum absolute atomic E-state index is 0.302. The van der Waals surface area contributed by atoms with Crippen molar-refractivity contribution in [3.8, 4) is 5.75 Å². The van der Waals surface area contributed by atoms with E-state index in [-0.39, 0.29) is 5.91 Å². The molecular weight excluding hydrogens is 576 g/mol. The van der Waals surface area contributed by atoms with Crippen LogP contribution in [-0.4, -0.2) is 66.3 Å². The van der Waals surface area contributed by atoms with Gasteiger partial charge in [0.1, 0.15) is 22.6 Å². The maximum Gasteiger partial charge on any atom is 0.247 e. The van der Waals surface area contributed by atoms with Crippen LogP contribution in [0, 0.1) is 6.92 Å². The number of carbonyl (C=O) groups is 1. The summed E-state index contributed by atoms with van der Waals surface area (Å²) in [5, 5.41) is 9.40. The van der Waals surface area contributed by atoms with Gasteiger partial charge in [-0.05, 0) is 63.5 Å². The Morgan fingerprint density at radius 2 is 1.68 bits per heavy atom. The quantitative estimate of drug-likeness (QED) is 0.136. The van der Waals surface area contributed by atoms with Crippen molar-refractivity contribution in [2.24, 2.45) is 0 Å². The van der Waals surface area contributed by atoms with Gasteiger partial charge in [-0.3, -0.25) is 9.52 Å². The van der Waals surface area contributed by atoms with Gasteiger partial charge >= 0.3 is 0 Å². The molecule has 1 heterocycles. The van der Waals surface area contributed by atoms with E-state index < -0.39 is 11.0 Å². The van der Waals surface area contributed by atoms with E-state index in [9.17, 15) is 9.00 Å². The van der Waals surface area contributed by atoms with E-state index in [0.29, 0.717) is 45.2 Å². The number of methoxy groups -OCH3 is 1. The Balaban J connectivity index is 1.57. The van der Waals surface area contributed by atoms with Gasteiger partial charge in [-0.1, -0.05) is 36.4 Å². The van der Waals surface area contributed by atoms with E-state index >= 15 is 0 Å². The first kappa shape index (κ1) is 32.0. The van der Waals surface area contributed by atoms with Crippen molar-refractivity contribution in [1.82, 2.24) is 14.9 Å². The number of anilines is 7. The number of benzene rings is 3. The fraction of sp³-hybridized carbons (Fsp3) is 0.219. The summed E-state index contributed by atoms with van der Waals surface area (Å²) in [4.78, 5) is 26.1. The minimum Gasteiger partial charge on any atom is -0.494 e. The molecule has 1 atom stereocenters. The van der Waals surface area contributed by atoms with Crippen LogP contribution in [0.2, 0.25) is 0 Å². The van der Waals surface area contributed by atoms with Gasteiger partial charge in [-0.2, -0.15) is 4.98 Å². The molecule has 12 heteroatoms. The number of hydrogen-bond donors (Lipinski definition) is 4. The zero-order chi connectivity index (χ0) is 31.6. The van der Waals surface area contributed by atoms with Gasteiger partial charge in [0.05, 0.1) is 40.4 Å². The smallest absolute Gasteiger partial charge is 0.247 e. The number of likely N-dealkylation sites (N-methyl/N-ethyl adjacent to an activating group) is 2. The lowest BCUT2D eigenvalue weighted by atomic mass is 10.2. The first-order valence-corrected chi connectivity index (χ1v) is 15.0. The first-order valence-electron chi connectivity index (χ1n) is 13.9. The second kappa shape index (κ2) is 15.0. The molecule has 0 bridgehead atoms. The first-order chi connectivity index (χ1) is 21.2. The molecule has 1 aromatic heterocycles. The summed E-state index contributed by atoms with van der Waals surface area (Å²) in [5.41, 5.74) is 4.36. The third-order valence-electron chi connectivity index (χ3n) is 6.58. The summed E-state index contributed by atoms with van der Waals surface area (Å²) in [5.74, 6) is 1.03. The van der Waals surface area contributed by atoms with E-state index in [4.69, 9.17) is 4.74 Å². The summed E-state index contributed by atoms with van der Waals surface area (Å²) < 4.78 is 21.8. The number of aryl methyl sites for hydroxylation is 1. The number of aromatic nitrogens is 2. The summed E-state index contributed by atoms with van der Waals surface area (Å²) in [6.07, 6.45) is 2.84. The van der Waals surface area contributed by atoms with Crippen molar-refractivity contribution in [3.63, 3.8) is 0 Å². The third-order valence-corrected chi connectivity index (χ3v) is 7.69. The number of nitrogens with zero attached hydrogens (tertiary/aromatic N) is 4. The fourth-order valence-electron chi connectivity index (χ4n) is 4.15. The molecule has 0 saturated heterocycles. The standard InChI is InChI=1S/C32H38N8O3S/c1-7-31(41)35-26-20-27(29(43-6)21-28(26)40(5)19-18-39(3)4)36-32-33-17-16-30(37-32)34-24-10-8-9-11-25(24)38-44(42)23-14-12-22(2)13-15-23/h7-17,20-21,38H,1,18-19H2,2-6H3,(H,35,41)(H2,33,34,36,37). The molecule has 3 aromatic carbocycles. The molecule has 0 fully saturated rings. The highest BCUT2D eigenvalue weighted by molar-refractivity contribution is 7.86. The van der Waals surface area contributed by atoms with Crippen LogP contribution in [0.25, 0.3) is 0 Å². The van der Waals surface area contributed by atoms with Crippen molar-refractivity contribution >= 4 is 57.1 Å². The Kier molecular flexibility index (Phi) is 10.9. The molecule has 11 nitrogen and oxygen atoms in total. The van der Waals surface area contributed by atoms with Crippen molar-refractivity contribution in [3.05, 3.63) is 91.1 Å². The molecular formula is C32H38N8O3S. The second-order valence-electron chi connectivity index (χ2n) is 10.2. The highest BCUT2D eigenvalue weighted by Gasteiger charge is 2.17. The largest absolute Gasteiger partial charge is 0.494 e. The Hall–Kier alpha value is -4.94. The zero-order valence-corrected chi connectivity index (χ0v) is 26.4. The molecule has 1 amide bonds. The van der Waals surface area contributed by atoms with Crippen LogP contribution in [0.4, 0.5) is 40.2 Å². The van der Waals surface area contributed by atoms with Gasteiger partial charge in [-0.15, -0.1) is 0 Å². The Labute approximate surface area is 261 Å². The van der Waals surface area contributed by atoms with E-state index in [1.54, 1.807) is 25.4 Å². The van der Waals surface area contributed by atoms with E-state index in [1.807, 2.05) is 87.6 Å². The molecule has 0 aliphatic heterocycles. The molecule has 230 valence electrons. The van der Waals surface area contributed by atoms with Crippen LogP contribution < -0.4 is 30.3 Å². The predicted molar refractivity (Wildman–Crippen MR) is 180 cm³/mol. The van der Waals surface area contributed by atoms with E-state index in [2.05, 4.69) is 42.1 Å².